The summed E-state index contributed by atoms with van der Waals surface area (Å²) < 4.78 is 19.3. The fourth-order valence-electron chi connectivity index (χ4n) is 7.05. The highest BCUT2D eigenvalue weighted by Crippen LogP contribution is 2.31. The molecule has 2 saturated heterocycles. The lowest BCUT2D eigenvalue weighted by Crippen LogP contribution is -2.57. The second-order valence-electron chi connectivity index (χ2n) is 14.7. The first-order valence-electron chi connectivity index (χ1n) is 18.3. The fraction of sp³-hybridized carbons (Fsp3) is 0.475. The van der Waals surface area contributed by atoms with Crippen LogP contribution < -0.4 is 10.6 Å². The zero-order valence-corrected chi connectivity index (χ0v) is 32.6. The maximum Gasteiger partial charge on any atom is 0.412 e. The SMILES string of the molecule is CCSc1cc(F)ccc1CN1CCN(C(=O)C(NC(=O)O)C2CCN(CCc3cc(Cl)ccc3-c3cccc(NC(=O)OC(C)(C)C)c3)CC2)CC1. The number of likely N-dealkylation sites (tertiary alicyclic amines) is 1. The first-order valence-corrected chi connectivity index (χ1v) is 19.7. The van der Waals surface area contributed by atoms with Crippen molar-refractivity contribution in [3.05, 3.63) is 82.6 Å². The van der Waals surface area contributed by atoms with Gasteiger partial charge in [0, 0.05) is 54.9 Å². The summed E-state index contributed by atoms with van der Waals surface area (Å²) in [5, 5.41) is 15.7. The Balaban J connectivity index is 1.15. The first-order chi connectivity index (χ1) is 25.3. The molecule has 3 aromatic rings. The molecule has 53 heavy (non-hydrogen) atoms. The highest BCUT2D eigenvalue weighted by atomic mass is 35.5. The van der Waals surface area contributed by atoms with Gasteiger partial charge < -0.3 is 25.0 Å². The minimum atomic E-state index is -1.19. The topological polar surface area (TPSA) is 114 Å². The number of nitrogens with one attached hydrogen (secondary N) is 2. The maximum atomic E-state index is 13.9. The number of carboxylic acid groups (broad SMARTS) is 1. The van der Waals surface area contributed by atoms with Gasteiger partial charge in [-0.2, -0.15) is 0 Å². The van der Waals surface area contributed by atoms with Gasteiger partial charge >= 0.3 is 12.2 Å². The molecule has 0 aliphatic carbocycles. The molecule has 0 spiro atoms. The van der Waals surface area contributed by atoms with Crippen LogP contribution in [0.2, 0.25) is 5.02 Å². The molecule has 0 aromatic heterocycles. The number of nitrogens with zero attached hydrogens (tertiary/aromatic N) is 3. The van der Waals surface area contributed by atoms with E-state index in [1.165, 1.54) is 6.07 Å². The Morgan fingerprint density at radius 3 is 2.38 bits per heavy atom. The molecule has 2 heterocycles. The summed E-state index contributed by atoms with van der Waals surface area (Å²) in [7, 11) is 0. The van der Waals surface area contributed by atoms with Crippen LogP contribution in [0.1, 0.15) is 51.7 Å². The molecular formula is C40H51ClFN5O5S. The standard InChI is InChI=1S/C40H51ClFN5O5S/c1-5-53-35-25-32(42)11-9-30(35)26-46-19-21-47(22-20-46)37(48)36(44-38(49)50)27-13-16-45(17-14-27)18-15-29-23-31(41)10-12-34(29)28-7-6-8-33(24-28)43-39(51)52-40(2,3)4/h6-12,23-25,27,36,44H,5,13-22,26H2,1-4H3,(H,43,51)(H,49,50). The number of anilines is 1. The lowest BCUT2D eigenvalue weighted by Gasteiger charge is -2.40. The number of thioether (sulfide) groups is 1. The van der Waals surface area contributed by atoms with Gasteiger partial charge in [0.2, 0.25) is 5.91 Å². The molecule has 1 atom stereocenters. The fourth-order valence-corrected chi connectivity index (χ4v) is 8.07. The third-order valence-electron chi connectivity index (χ3n) is 9.64. The highest BCUT2D eigenvalue weighted by molar-refractivity contribution is 7.99. The summed E-state index contributed by atoms with van der Waals surface area (Å²) in [6, 6.07) is 17.6. The van der Waals surface area contributed by atoms with Gasteiger partial charge in [0.05, 0.1) is 0 Å². The number of carbonyl (C=O) groups excluding carboxylic acids is 2. The van der Waals surface area contributed by atoms with Crippen LogP contribution in [-0.2, 0) is 22.5 Å². The van der Waals surface area contributed by atoms with E-state index in [0.717, 1.165) is 59.0 Å². The number of hydrogen-bond acceptors (Lipinski definition) is 7. The van der Waals surface area contributed by atoms with Gasteiger partial charge in [-0.15, -0.1) is 11.8 Å². The number of piperazine rings is 1. The van der Waals surface area contributed by atoms with Gasteiger partial charge in [-0.25, -0.2) is 14.0 Å². The Hall–Kier alpha value is -3.84. The molecule has 3 aromatic carbocycles. The van der Waals surface area contributed by atoms with E-state index in [1.807, 2.05) is 76.2 Å². The van der Waals surface area contributed by atoms with Gasteiger partial charge in [-0.1, -0.05) is 42.8 Å². The molecule has 0 bridgehead atoms. The van der Waals surface area contributed by atoms with Crippen LogP contribution >= 0.6 is 23.4 Å². The minimum Gasteiger partial charge on any atom is -0.465 e. The van der Waals surface area contributed by atoms with E-state index in [9.17, 15) is 23.9 Å². The Kier molecular flexibility index (Phi) is 14.1. The van der Waals surface area contributed by atoms with E-state index in [-0.39, 0.29) is 17.6 Å². The van der Waals surface area contributed by atoms with Crippen molar-refractivity contribution in [3.8, 4) is 11.1 Å². The number of carbonyl (C=O) groups is 3. The molecule has 3 amide bonds. The van der Waals surface area contributed by atoms with Crippen molar-refractivity contribution in [2.45, 2.75) is 70.0 Å². The molecular weight excluding hydrogens is 717 g/mol. The largest absolute Gasteiger partial charge is 0.465 e. The van der Waals surface area contributed by atoms with E-state index in [4.69, 9.17) is 16.3 Å². The van der Waals surface area contributed by atoms with Gasteiger partial charge in [-0.05, 0) is 123 Å². The van der Waals surface area contributed by atoms with E-state index in [0.29, 0.717) is 56.3 Å². The molecule has 2 fully saturated rings. The zero-order valence-electron chi connectivity index (χ0n) is 31.0. The van der Waals surface area contributed by atoms with Crippen LogP contribution in [0.3, 0.4) is 0 Å². The van der Waals surface area contributed by atoms with Gasteiger partial charge in [0.15, 0.2) is 0 Å². The molecule has 10 nitrogen and oxygen atoms in total. The monoisotopic (exact) mass is 767 g/mol. The maximum absolute atomic E-state index is 13.9. The Morgan fingerprint density at radius 1 is 0.962 bits per heavy atom. The van der Waals surface area contributed by atoms with Crippen molar-refractivity contribution >= 4 is 47.1 Å². The Morgan fingerprint density at radius 2 is 1.70 bits per heavy atom. The number of rotatable bonds is 12. The van der Waals surface area contributed by atoms with Crippen LogP contribution in [0.15, 0.2) is 65.6 Å². The van der Waals surface area contributed by atoms with Crippen LogP contribution in [0, 0.1) is 11.7 Å². The van der Waals surface area contributed by atoms with Crippen molar-refractivity contribution in [2.75, 3.05) is 56.9 Å². The van der Waals surface area contributed by atoms with Crippen LogP contribution in [0.4, 0.5) is 19.7 Å². The Bertz CT molecular complexity index is 1740. The summed E-state index contributed by atoms with van der Waals surface area (Å²) in [6.45, 7) is 12.8. The summed E-state index contributed by atoms with van der Waals surface area (Å²) in [4.78, 5) is 45.4. The molecule has 2 aliphatic rings. The van der Waals surface area contributed by atoms with Crippen molar-refractivity contribution in [2.24, 2.45) is 5.92 Å². The van der Waals surface area contributed by atoms with Gasteiger partial charge in [0.25, 0.3) is 0 Å². The van der Waals surface area contributed by atoms with Crippen LogP contribution in [0.25, 0.3) is 11.1 Å². The third kappa shape index (κ3) is 11.8. The second kappa shape index (κ2) is 18.5. The van der Waals surface area contributed by atoms with E-state index in [2.05, 4.69) is 20.4 Å². The smallest absolute Gasteiger partial charge is 0.412 e. The van der Waals surface area contributed by atoms with Crippen molar-refractivity contribution in [3.63, 3.8) is 0 Å². The normalized spacial score (nSPS) is 16.6. The lowest BCUT2D eigenvalue weighted by molar-refractivity contribution is -0.137. The lowest BCUT2D eigenvalue weighted by atomic mass is 9.88. The molecule has 0 saturated carbocycles. The highest BCUT2D eigenvalue weighted by Gasteiger charge is 2.36. The van der Waals surface area contributed by atoms with Crippen LogP contribution in [0.5, 0.6) is 0 Å². The van der Waals surface area contributed by atoms with E-state index < -0.39 is 23.8 Å². The van der Waals surface area contributed by atoms with E-state index >= 15 is 0 Å². The van der Waals surface area contributed by atoms with Crippen molar-refractivity contribution < 1.29 is 28.6 Å². The second-order valence-corrected chi connectivity index (χ2v) is 16.4. The number of benzene rings is 3. The van der Waals surface area contributed by atoms with Gasteiger partial charge in [0.1, 0.15) is 17.5 Å². The van der Waals surface area contributed by atoms with Crippen molar-refractivity contribution in [1.29, 1.82) is 0 Å². The quantitative estimate of drug-likeness (QED) is 0.160. The number of hydrogen-bond donors (Lipinski definition) is 3. The number of ether oxygens (including phenoxy) is 1. The molecule has 1 unspecified atom stereocenters. The average Bonchev–Trinajstić information content (AvgIpc) is 3.10. The van der Waals surface area contributed by atoms with Crippen LogP contribution in [-0.4, -0.2) is 101 Å². The predicted octanol–water partition coefficient (Wildman–Crippen LogP) is 7.84. The number of piperidine rings is 1. The number of amides is 3. The summed E-state index contributed by atoms with van der Waals surface area (Å²) >= 11 is 8.07. The average molecular weight is 768 g/mol. The first kappa shape index (κ1) is 40.3. The zero-order chi connectivity index (χ0) is 38.1. The van der Waals surface area contributed by atoms with Gasteiger partial charge in [-0.3, -0.25) is 15.0 Å². The van der Waals surface area contributed by atoms with Crippen molar-refractivity contribution in [1.82, 2.24) is 20.0 Å². The third-order valence-corrected chi connectivity index (χ3v) is 10.9. The number of halogens is 2. The summed E-state index contributed by atoms with van der Waals surface area (Å²) in [5.74, 6) is 0.335. The molecule has 286 valence electrons. The molecule has 0 radical (unpaired) electrons. The minimum absolute atomic E-state index is 0.109. The van der Waals surface area contributed by atoms with E-state index in [1.54, 1.807) is 22.7 Å². The summed E-state index contributed by atoms with van der Waals surface area (Å²) in [5.41, 5.74) is 4.14. The molecule has 13 heteroatoms. The molecule has 3 N–H and O–H groups in total. The molecule has 2 aliphatic heterocycles. The summed E-state index contributed by atoms with van der Waals surface area (Å²) in [6.07, 6.45) is 0.416. The Labute approximate surface area is 321 Å². The predicted molar refractivity (Wildman–Crippen MR) is 209 cm³/mol. The molecule has 5 rings (SSSR count).